The lowest BCUT2D eigenvalue weighted by Gasteiger charge is -2.37. The number of likely N-dealkylation sites (tertiary alicyclic amines) is 1. The lowest BCUT2D eigenvalue weighted by molar-refractivity contribution is 0.130. The highest BCUT2D eigenvalue weighted by molar-refractivity contribution is 5.74. The summed E-state index contributed by atoms with van der Waals surface area (Å²) >= 11 is 0. The lowest BCUT2D eigenvalue weighted by atomic mass is 9.95. The molecule has 2 amide bonds. The molecule has 1 heterocycles. The monoisotopic (exact) mass is 375 g/mol. The smallest absolute Gasteiger partial charge is 0.317 e. The highest BCUT2D eigenvalue weighted by Gasteiger charge is 2.25. The van der Waals surface area contributed by atoms with Crippen LogP contribution in [-0.4, -0.2) is 61.2 Å². The number of hydrogen-bond donors (Lipinski definition) is 1. The van der Waals surface area contributed by atoms with Gasteiger partial charge >= 0.3 is 6.03 Å². The number of piperidine rings is 1. The molecule has 0 aliphatic carbocycles. The number of nitrogens with zero attached hydrogens (tertiary/aromatic N) is 2. The molecule has 0 bridgehead atoms. The number of carbonyl (C=O) groups is 1. The van der Waals surface area contributed by atoms with Crippen LogP contribution in [0.1, 0.15) is 46.1 Å². The van der Waals surface area contributed by atoms with E-state index in [1.165, 1.54) is 5.56 Å². The van der Waals surface area contributed by atoms with E-state index in [1.54, 1.807) is 7.11 Å². The zero-order chi connectivity index (χ0) is 19.8. The van der Waals surface area contributed by atoms with Crippen LogP contribution in [0.2, 0.25) is 0 Å². The number of carbonyl (C=O) groups excluding carboxylic acids is 1. The third-order valence-electron chi connectivity index (χ3n) is 5.53. The highest BCUT2D eigenvalue weighted by atomic mass is 16.5. The summed E-state index contributed by atoms with van der Waals surface area (Å²) in [6, 6.07) is 9.19. The second-order valence-corrected chi connectivity index (χ2v) is 8.02. The van der Waals surface area contributed by atoms with Crippen LogP contribution in [0.5, 0.6) is 5.75 Å². The Balaban J connectivity index is 1.81. The van der Waals surface area contributed by atoms with Gasteiger partial charge in [0.25, 0.3) is 0 Å². The summed E-state index contributed by atoms with van der Waals surface area (Å²) in [4.78, 5) is 16.7. The Bertz CT molecular complexity index is 565. The van der Waals surface area contributed by atoms with Gasteiger partial charge in [0.15, 0.2) is 0 Å². The summed E-state index contributed by atoms with van der Waals surface area (Å²) < 4.78 is 5.25. The van der Waals surface area contributed by atoms with Crippen LogP contribution in [0.4, 0.5) is 4.79 Å². The van der Waals surface area contributed by atoms with Crippen LogP contribution in [0.25, 0.3) is 0 Å². The average Bonchev–Trinajstić information content (AvgIpc) is 2.66. The van der Waals surface area contributed by atoms with Gasteiger partial charge in [-0.15, -0.1) is 0 Å². The Hall–Kier alpha value is -1.75. The quantitative estimate of drug-likeness (QED) is 0.752. The number of hydrogen-bond acceptors (Lipinski definition) is 3. The van der Waals surface area contributed by atoms with Crippen LogP contribution in [-0.2, 0) is 6.42 Å². The molecule has 5 nitrogen and oxygen atoms in total. The first-order valence-electron chi connectivity index (χ1n) is 10.3. The largest absolute Gasteiger partial charge is 0.497 e. The molecule has 1 saturated heterocycles. The Morgan fingerprint density at radius 3 is 2.37 bits per heavy atom. The van der Waals surface area contributed by atoms with E-state index >= 15 is 0 Å². The van der Waals surface area contributed by atoms with E-state index in [0.29, 0.717) is 12.0 Å². The second kappa shape index (κ2) is 10.5. The fourth-order valence-electron chi connectivity index (χ4n) is 3.84. The standard InChI is InChI=1S/C22H37N3O2/c1-6-24(18(4)15-19-7-9-21(27-5)10-8-19)16-20-11-13-25(14-12-20)22(26)23-17(2)3/h7-10,17-18,20H,6,11-16H2,1-5H3,(H,23,26). The maximum atomic E-state index is 12.1. The molecule has 2 rings (SSSR count). The zero-order valence-electron chi connectivity index (χ0n) is 17.7. The average molecular weight is 376 g/mol. The van der Waals surface area contributed by atoms with Crippen LogP contribution in [0, 0.1) is 5.92 Å². The van der Waals surface area contributed by atoms with Gasteiger partial charge in [-0.05, 0) is 70.2 Å². The normalized spacial score (nSPS) is 16.6. The summed E-state index contributed by atoms with van der Waals surface area (Å²) in [5.74, 6) is 1.58. The minimum absolute atomic E-state index is 0.0867. The molecule has 0 spiro atoms. The molecule has 1 aliphatic heterocycles. The van der Waals surface area contributed by atoms with E-state index in [-0.39, 0.29) is 12.1 Å². The van der Waals surface area contributed by atoms with Crippen molar-refractivity contribution in [3.63, 3.8) is 0 Å². The zero-order valence-corrected chi connectivity index (χ0v) is 17.7. The first-order valence-corrected chi connectivity index (χ1v) is 10.3. The lowest BCUT2D eigenvalue weighted by Crippen LogP contribution is -2.48. The molecule has 152 valence electrons. The number of nitrogens with one attached hydrogen (secondary N) is 1. The molecule has 1 aromatic rings. The third-order valence-corrected chi connectivity index (χ3v) is 5.53. The summed E-state index contributed by atoms with van der Waals surface area (Å²) in [7, 11) is 1.70. The van der Waals surface area contributed by atoms with Crippen LogP contribution < -0.4 is 10.1 Å². The molecule has 1 aliphatic rings. The van der Waals surface area contributed by atoms with Crippen molar-refractivity contribution in [1.29, 1.82) is 0 Å². The number of amides is 2. The molecular formula is C22H37N3O2. The fraction of sp³-hybridized carbons (Fsp3) is 0.682. The van der Waals surface area contributed by atoms with Gasteiger partial charge < -0.3 is 19.9 Å². The van der Waals surface area contributed by atoms with Crippen molar-refractivity contribution in [2.24, 2.45) is 5.92 Å². The number of rotatable bonds is 8. The maximum absolute atomic E-state index is 12.1. The molecule has 0 radical (unpaired) electrons. The number of likely N-dealkylation sites (N-methyl/N-ethyl adjacent to an activating group) is 1. The Morgan fingerprint density at radius 2 is 1.85 bits per heavy atom. The van der Waals surface area contributed by atoms with Crippen molar-refractivity contribution in [2.45, 2.75) is 59.0 Å². The summed E-state index contributed by atoms with van der Waals surface area (Å²) in [6.07, 6.45) is 3.24. The van der Waals surface area contributed by atoms with Crippen molar-refractivity contribution in [3.8, 4) is 5.75 Å². The third kappa shape index (κ3) is 6.73. The van der Waals surface area contributed by atoms with Gasteiger partial charge in [-0.3, -0.25) is 0 Å². The predicted molar refractivity (Wildman–Crippen MR) is 111 cm³/mol. The minimum Gasteiger partial charge on any atom is -0.497 e. The maximum Gasteiger partial charge on any atom is 0.317 e. The van der Waals surface area contributed by atoms with Crippen molar-refractivity contribution in [2.75, 3.05) is 33.3 Å². The first-order chi connectivity index (χ1) is 12.9. The Morgan fingerprint density at radius 1 is 1.22 bits per heavy atom. The van der Waals surface area contributed by atoms with E-state index in [4.69, 9.17) is 4.74 Å². The summed E-state index contributed by atoms with van der Waals surface area (Å²) in [5, 5.41) is 3.00. The molecule has 1 N–H and O–H groups in total. The van der Waals surface area contributed by atoms with Gasteiger partial charge in [0, 0.05) is 31.7 Å². The van der Waals surface area contributed by atoms with Gasteiger partial charge in [0.1, 0.15) is 5.75 Å². The molecule has 27 heavy (non-hydrogen) atoms. The predicted octanol–water partition coefficient (Wildman–Crippen LogP) is 3.78. The van der Waals surface area contributed by atoms with E-state index in [1.807, 2.05) is 30.9 Å². The van der Waals surface area contributed by atoms with Gasteiger partial charge in [0.05, 0.1) is 7.11 Å². The fourth-order valence-corrected chi connectivity index (χ4v) is 3.84. The first kappa shape index (κ1) is 21.5. The highest BCUT2D eigenvalue weighted by Crippen LogP contribution is 2.21. The van der Waals surface area contributed by atoms with Crippen LogP contribution in [0.3, 0.4) is 0 Å². The van der Waals surface area contributed by atoms with E-state index in [2.05, 4.69) is 36.2 Å². The van der Waals surface area contributed by atoms with E-state index < -0.39 is 0 Å². The van der Waals surface area contributed by atoms with Crippen molar-refractivity contribution >= 4 is 6.03 Å². The molecule has 1 atom stereocenters. The number of methoxy groups -OCH3 is 1. The van der Waals surface area contributed by atoms with Gasteiger partial charge in [-0.25, -0.2) is 4.79 Å². The van der Waals surface area contributed by atoms with E-state index in [0.717, 1.165) is 51.2 Å². The molecule has 0 aromatic heterocycles. The summed E-state index contributed by atoms with van der Waals surface area (Å²) in [5.41, 5.74) is 1.35. The Kier molecular flexibility index (Phi) is 8.42. The second-order valence-electron chi connectivity index (χ2n) is 8.02. The van der Waals surface area contributed by atoms with Gasteiger partial charge in [0.2, 0.25) is 0 Å². The number of urea groups is 1. The molecule has 1 aromatic carbocycles. The summed E-state index contributed by atoms with van der Waals surface area (Å²) in [6.45, 7) is 12.5. The topological polar surface area (TPSA) is 44.8 Å². The van der Waals surface area contributed by atoms with Crippen LogP contribution in [0.15, 0.2) is 24.3 Å². The Labute approximate surface area is 165 Å². The molecule has 0 saturated carbocycles. The SMILES string of the molecule is CCN(CC1CCN(C(=O)NC(C)C)CC1)C(C)Cc1ccc(OC)cc1. The minimum atomic E-state index is 0.0867. The van der Waals surface area contributed by atoms with E-state index in [9.17, 15) is 4.79 Å². The van der Waals surface area contributed by atoms with Crippen molar-refractivity contribution in [1.82, 2.24) is 15.1 Å². The van der Waals surface area contributed by atoms with Gasteiger partial charge in [-0.2, -0.15) is 0 Å². The molecule has 1 fully saturated rings. The van der Waals surface area contributed by atoms with Crippen LogP contribution >= 0.6 is 0 Å². The molecule has 1 unspecified atom stereocenters. The number of ether oxygens (including phenoxy) is 1. The van der Waals surface area contributed by atoms with Gasteiger partial charge in [-0.1, -0.05) is 19.1 Å². The molecular weight excluding hydrogens is 338 g/mol. The van der Waals surface area contributed by atoms with Crippen molar-refractivity contribution < 1.29 is 9.53 Å². The number of benzene rings is 1. The van der Waals surface area contributed by atoms with Crippen molar-refractivity contribution in [3.05, 3.63) is 29.8 Å². The molecule has 5 heteroatoms.